The Morgan fingerprint density at radius 1 is 0.711 bits per heavy atom. The highest BCUT2D eigenvalue weighted by Crippen LogP contribution is 2.24. The van der Waals surface area contributed by atoms with E-state index in [1.54, 1.807) is 48.5 Å². The number of esters is 3. The number of ether oxygens (including phenoxy) is 5. The van der Waals surface area contributed by atoms with Crippen LogP contribution in [-0.2, 0) is 19.1 Å². The number of hydrogen-bond donors (Lipinski definition) is 0. The Kier molecular flexibility index (Phi) is 16.4. The van der Waals surface area contributed by atoms with Crippen LogP contribution in [-0.4, -0.2) is 43.8 Å². The second kappa shape index (κ2) is 20.8. The van der Waals surface area contributed by atoms with Crippen molar-refractivity contribution in [2.24, 2.45) is 0 Å². The summed E-state index contributed by atoms with van der Waals surface area (Å²) in [5.41, 5.74) is 1.05. The fraction of sp³-hybridized carbons (Fsp3) is 0.486. The number of benzene rings is 2. The van der Waals surface area contributed by atoms with E-state index in [1.165, 1.54) is 6.08 Å². The maximum Gasteiger partial charge on any atom is 0.343 e. The number of rotatable bonds is 23. The molecule has 45 heavy (non-hydrogen) atoms. The first kappa shape index (κ1) is 35.4. The molecule has 0 spiro atoms. The smallest absolute Gasteiger partial charge is 0.343 e. The van der Waals surface area contributed by atoms with Crippen LogP contribution < -0.4 is 14.2 Å². The van der Waals surface area contributed by atoms with Gasteiger partial charge in [-0.25, -0.2) is 14.4 Å². The zero-order valence-electron chi connectivity index (χ0n) is 26.5. The van der Waals surface area contributed by atoms with Crippen LogP contribution in [0.4, 0.5) is 0 Å². The first-order valence-corrected chi connectivity index (χ1v) is 16.3. The maximum atomic E-state index is 12.6. The van der Waals surface area contributed by atoms with Crippen molar-refractivity contribution in [2.75, 3.05) is 19.8 Å². The summed E-state index contributed by atoms with van der Waals surface area (Å²) in [6, 6.07) is 14.1. The standard InChI is InChI=1S/C37H48O8/c1-3-35(38)43-27-15-11-7-6-10-14-26-42-32-21-23-33(24-22-32)44-37(40)30-17-19-31(20-18-30)41-25-13-9-5-4-8-12-16-34-28-29(2)36(39)45-34/h3,17-24,34H,1-2,4-16,25-28H2. The van der Waals surface area contributed by atoms with Gasteiger partial charge in [0, 0.05) is 18.1 Å². The SMILES string of the molecule is C=CC(=O)OCCCCCCCCOc1ccc(OC(=O)c2ccc(OCCCCCCCCC3CC(=C)C(=O)O3)cc2)cc1. The van der Waals surface area contributed by atoms with Gasteiger partial charge in [-0.3, -0.25) is 0 Å². The average molecular weight is 621 g/mol. The van der Waals surface area contributed by atoms with E-state index in [0.29, 0.717) is 43.1 Å². The molecule has 244 valence electrons. The van der Waals surface area contributed by atoms with E-state index in [0.717, 1.165) is 95.0 Å². The average Bonchev–Trinajstić information content (AvgIpc) is 3.38. The van der Waals surface area contributed by atoms with E-state index in [9.17, 15) is 14.4 Å². The third-order valence-electron chi connectivity index (χ3n) is 7.57. The Hall–Kier alpha value is -4.07. The lowest BCUT2D eigenvalue weighted by molar-refractivity contribution is -0.139. The van der Waals surface area contributed by atoms with Gasteiger partial charge in [-0.1, -0.05) is 64.5 Å². The minimum atomic E-state index is -0.426. The fourth-order valence-corrected chi connectivity index (χ4v) is 4.96. The van der Waals surface area contributed by atoms with Gasteiger partial charge < -0.3 is 23.7 Å². The van der Waals surface area contributed by atoms with Crippen LogP contribution in [0.5, 0.6) is 17.2 Å². The van der Waals surface area contributed by atoms with Crippen molar-refractivity contribution in [3.8, 4) is 17.2 Å². The Labute approximate surface area is 267 Å². The molecule has 1 atom stereocenters. The molecule has 1 heterocycles. The molecule has 2 aromatic carbocycles. The molecule has 0 bridgehead atoms. The highest BCUT2D eigenvalue weighted by Gasteiger charge is 2.26. The summed E-state index contributed by atoms with van der Waals surface area (Å²) in [5, 5.41) is 0. The summed E-state index contributed by atoms with van der Waals surface area (Å²) < 4.78 is 27.4. The Morgan fingerprint density at radius 2 is 1.20 bits per heavy atom. The molecule has 1 aliphatic rings. The molecular formula is C37H48O8. The zero-order valence-corrected chi connectivity index (χ0v) is 26.5. The number of carbonyl (C=O) groups is 3. The molecule has 3 rings (SSSR count). The summed E-state index contributed by atoms with van der Waals surface area (Å²) >= 11 is 0. The molecule has 0 N–H and O–H groups in total. The second-order valence-electron chi connectivity index (χ2n) is 11.3. The summed E-state index contributed by atoms with van der Waals surface area (Å²) in [7, 11) is 0. The summed E-state index contributed by atoms with van der Waals surface area (Å²) in [6.45, 7) is 8.81. The van der Waals surface area contributed by atoms with Crippen molar-refractivity contribution in [3.63, 3.8) is 0 Å². The van der Waals surface area contributed by atoms with Crippen molar-refractivity contribution in [3.05, 3.63) is 78.9 Å². The second-order valence-corrected chi connectivity index (χ2v) is 11.3. The molecule has 1 fully saturated rings. The molecule has 0 saturated carbocycles. The van der Waals surface area contributed by atoms with Crippen molar-refractivity contribution in [2.45, 2.75) is 96.0 Å². The van der Waals surface area contributed by atoms with Crippen molar-refractivity contribution < 1.29 is 38.1 Å². The lowest BCUT2D eigenvalue weighted by Crippen LogP contribution is -2.08. The van der Waals surface area contributed by atoms with Gasteiger partial charge in [0.2, 0.25) is 0 Å². The molecular weight excluding hydrogens is 572 g/mol. The van der Waals surface area contributed by atoms with Crippen molar-refractivity contribution in [1.82, 2.24) is 0 Å². The van der Waals surface area contributed by atoms with Crippen molar-refractivity contribution >= 4 is 17.9 Å². The molecule has 2 aromatic rings. The summed E-state index contributed by atoms with van der Waals surface area (Å²) in [6.07, 6.45) is 15.6. The summed E-state index contributed by atoms with van der Waals surface area (Å²) in [4.78, 5) is 34.9. The molecule has 0 aromatic heterocycles. The zero-order chi connectivity index (χ0) is 32.1. The van der Waals surface area contributed by atoms with Gasteiger partial charge >= 0.3 is 17.9 Å². The molecule has 1 aliphatic heterocycles. The Morgan fingerprint density at radius 3 is 1.73 bits per heavy atom. The lowest BCUT2D eigenvalue weighted by Gasteiger charge is -2.09. The third-order valence-corrected chi connectivity index (χ3v) is 7.57. The molecule has 1 saturated heterocycles. The van der Waals surface area contributed by atoms with Crippen LogP contribution in [0.25, 0.3) is 0 Å². The van der Waals surface area contributed by atoms with Crippen LogP contribution in [0, 0.1) is 0 Å². The predicted octanol–water partition coefficient (Wildman–Crippen LogP) is 8.34. The van der Waals surface area contributed by atoms with Gasteiger partial charge in [0.15, 0.2) is 0 Å². The maximum absolute atomic E-state index is 12.6. The molecule has 0 aliphatic carbocycles. The highest BCUT2D eigenvalue weighted by atomic mass is 16.6. The normalized spacial score (nSPS) is 14.1. The van der Waals surface area contributed by atoms with E-state index in [2.05, 4.69) is 13.2 Å². The minimum Gasteiger partial charge on any atom is -0.494 e. The fourth-order valence-electron chi connectivity index (χ4n) is 4.96. The largest absolute Gasteiger partial charge is 0.494 e. The number of cyclic esters (lactones) is 1. The number of unbranched alkanes of at least 4 members (excludes halogenated alkanes) is 10. The quantitative estimate of drug-likeness (QED) is 0.0529. The Bertz CT molecular complexity index is 1190. The van der Waals surface area contributed by atoms with Gasteiger partial charge in [0.25, 0.3) is 0 Å². The number of carbonyl (C=O) groups excluding carboxylic acids is 3. The molecule has 0 radical (unpaired) electrons. The van der Waals surface area contributed by atoms with E-state index in [1.807, 2.05) is 0 Å². The van der Waals surface area contributed by atoms with Gasteiger partial charge in [0.05, 0.1) is 25.4 Å². The van der Waals surface area contributed by atoms with Crippen LogP contribution in [0.15, 0.2) is 73.3 Å². The minimum absolute atomic E-state index is 0.0250. The van der Waals surface area contributed by atoms with Gasteiger partial charge in [-0.05, 0) is 80.6 Å². The topological polar surface area (TPSA) is 97.4 Å². The van der Waals surface area contributed by atoms with Gasteiger partial charge in [-0.2, -0.15) is 0 Å². The monoisotopic (exact) mass is 620 g/mol. The highest BCUT2D eigenvalue weighted by molar-refractivity contribution is 5.91. The van der Waals surface area contributed by atoms with E-state index in [-0.39, 0.29) is 18.0 Å². The van der Waals surface area contributed by atoms with Crippen LogP contribution in [0.3, 0.4) is 0 Å². The van der Waals surface area contributed by atoms with Crippen LogP contribution in [0.1, 0.15) is 100 Å². The van der Waals surface area contributed by atoms with Crippen LogP contribution in [0.2, 0.25) is 0 Å². The van der Waals surface area contributed by atoms with Gasteiger partial charge in [0.1, 0.15) is 23.4 Å². The Balaban J connectivity index is 1.18. The first-order chi connectivity index (χ1) is 21.9. The van der Waals surface area contributed by atoms with Crippen molar-refractivity contribution in [1.29, 1.82) is 0 Å². The molecule has 8 nitrogen and oxygen atoms in total. The van der Waals surface area contributed by atoms with E-state index < -0.39 is 5.97 Å². The molecule has 0 amide bonds. The van der Waals surface area contributed by atoms with E-state index >= 15 is 0 Å². The van der Waals surface area contributed by atoms with E-state index in [4.69, 9.17) is 23.7 Å². The predicted molar refractivity (Wildman–Crippen MR) is 174 cm³/mol. The first-order valence-electron chi connectivity index (χ1n) is 16.3. The molecule has 1 unspecified atom stereocenters. The summed E-state index contributed by atoms with van der Waals surface area (Å²) in [5.74, 6) is 0.894. The van der Waals surface area contributed by atoms with Crippen LogP contribution >= 0.6 is 0 Å². The molecule has 8 heteroatoms. The number of hydrogen-bond acceptors (Lipinski definition) is 8. The third kappa shape index (κ3) is 14.5. The van der Waals surface area contributed by atoms with Gasteiger partial charge in [-0.15, -0.1) is 0 Å². The lowest BCUT2D eigenvalue weighted by atomic mass is 10.0.